The third-order valence-electron chi connectivity index (χ3n) is 8.20. The lowest BCUT2D eigenvalue weighted by Gasteiger charge is -2.27. The molecule has 0 aliphatic rings. The molecule has 0 heterocycles. The summed E-state index contributed by atoms with van der Waals surface area (Å²) in [7, 11) is 0. The van der Waals surface area contributed by atoms with Gasteiger partial charge in [-0.05, 0) is 86.2 Å². The molecule has 0 aliphatic heterocycles. The van der Waals surface area contributed by atoms with Crippen LogP contribution >= 0.6 is 31.9 Å². The van der Waals surface area contributed by atoms with Gasteiger partial charge in [-0.15, -0.1) is 0 Å². The normalized spacial score (nSPS) is 17.5. The van der Waals surface area contributed by atoms with Crippen LogP contribution in [-0.4, -0.2) is 22.2 Å². The SMILES string of the molecule is CC(Br)CC(C)CC(C)CCCC(OCc1ccccc1)OC(CCCC(C)CC(C)CC(C)Br)OCc1ccccc1. The molecule has 0 radical (unpaired) electrons. The van der Waals surface area contributed by atoms with Crippen molar-refractivity contribution >= 4 is 31.9 Å². The fourth-order valence-corrected chi connectivity index (χ4v) is 7.53. The van der Waals surface area contributed by atoms with E-state index >= 15 is 0 Å². The number of alkyl halides is 2. The first kappa shape index (κ1) is 38.5. The van der Waals surface area contributed by atoms with Gasteiger partial charge in [0.25, 0.3) is 0 Å². The monoisotopic (exact) mass is 722 g/mol. The molecule has 2 rings (SSSR count). The summed E-state index contributed by atoms with van der Waals surface area (Å²) in [5.74, 6) is 2.85. The van der Waals surface area contributed by atoms with E-state index in [1.54, 1.807) is 0 Å². The molecular formula is C38H60Br2O3. The predicted octanol–water partition coefficient (Wildman–Crippen LogP) is 12.1. The van der Waals surface area contributed by atoms with Gasteiger partial charge in [0.15, 0.2) is 12.6 Å². The van der Waals surface area contributed by atoms with Crippen LogP contribution in [0.4, 0.5) is 0 Å². The van der Waals surface area contributed by atoms with Gasteiger partial charge in [0.1, 0.15) is 0 Å². The molecule has 5 heteroatoms. The standard InChI is InChI=1S/C38H60Br2O3/c1-29(23-31(3)25-33(5)39)15-13-21-37(41-27-35-17-9-7-10-18-35)43-38(42-28-36-19-11-8-12-20-36)22-14-16-30(2)24-32(4)26-34(6)40/h7-12,17-20,29-34,37-38H,13-16,21-28H2,1-6H3. The zero-order chi connectivity index (χ0) is 31.5. The molecule has 0 fully saturated rings. The Kier molecular flexibility index (Phi) is 20.3. The molecule has 3 nitrogen and oxygen atoms in total. The van der Waals surface area contributed by atoms with E-state index in [9.17, 15) is 0 Å². The van der Waals surface area contributed by atoms with Gasteiger partial charge in [-0.1, -0.05) is 147 Å². The third kappa shape index (κ3) is 19.4. The minimum atomic E-state index is -0.286. The Balaban J connectivity index is 1.99. The summed E-state index contributed by atoms with van der Waals surface area (Å²) >= 11 is 7.44. The van der Waals surface area contributed by atoms with E-state index in [2.05, 4.69) is 122 Å². The number of rotatable bonds is 24. The molecule has 0 spiro atoms. The molecule has 0 saturated carbocycles. The third-order valence-corrected chi connectivity index (χ3v) is 8.95. The van der Waals surface area contributed by atoms with Gasteiger partial charge < -0.3 is 14.2 Å². The van der Waals surface area contributed by atoms with Gasteiger partial charge in [-0.3, -0.25) is 0 Å². The molecule has 0 bridgehead atoms. The van der Waals surface area contributed by atoms with Crippen LogP contribution in [0.5, 0.6) is 0 Å². The first-order valence-corrected chi connectivity index (χ1v) is 18.7. The van der Waals surface area contributed by atoms with Crippen molar-refractivity contribution in [3.05, 3.63) is 71.8 Å². The molecule has 2 aromatic carbocycles. The zero-order valence-corrected chi connectivity index (χ0v) is 31.0. The molecule has 8 unspecified atom stereocenters. The number of hydrogen-bond donors (Lipinski definition) is 0. The summed E-state index contributed by atoms with van der Waals surface area (Å²) in [6.07, 6.45) is 10.7. The average molecular weight is 725 g/mol. The number of ether oxygens (including phenoxy) is 3. The summed E-state index contributed by atoms with van der Waals surface area (Å²) in [6, 6.07) is 20.8. The van der Waals surface area contributed by atoms with Gasteiger partial charge in [-0.2, -0.15) is 0 Å². The van der Waals surface area contributed by atoms with E-state index in [-0.39, 0.29) is 12.6 Å². The van der Waals surface area contributed by atoms with Crippen molar-refractivity contribution in [3.8, 4) is 0 Å². The zero-order valence-electron chi connectivity index (χ0n) is 27.9. The van der Waals surface area contributed by atoms with Gasteiger partial charge in [0.2, 0.25) is 0 Å². The number of halogens is 2. The molecule has 0 aromatic heterocycles. The Hall–Kier alpha value is -0.720. The molecule has 0 saturated heterocycles. The van der Waals surface area contributed by atoms with Gasteiger partial charge in [0.05, 0.1) is 13.2 Å². The Morgan fingerprint density at radius 1 is 0.488 bits per heavy atom. The second kappa shape index (κ2) is 22.7. The van der Waals surface area contributed by atoms with E-state index in [0.717, 1.165) is 37.5 Å². The van der Waals surface area contributed by atoms with E-state index in [0.29, 0.717) is 34.7 Å². The summed E-state index contributed by atoms with van der Waals surface area (Å²) in [6.45, 7) is 15.1. The lowest BCUT2D eigenvalue weighted by atomic mass is 9.90. The summed E-state index contributed by atoms with van der Waals surface area (Å²) in [5, 5.41) is 0. The molecule has 0 aliphatic carbocycles. The summed E-state index contributed by atoms with van der Waals surface area (Å²) in [4.78, 5) is 1.16. The Morgan fingerprint density at radius 2 is 0.860 bits per heavy atom. The number of hydrogen-bond acceptors (Lipinski definition) is 3. The lowest BCUT2D eigenvalue weighted by molar-refractivity contribution is -0.257. The summed E-state index contributed by atoms with van der Waals surface area (Å²) < 4.78 is 19.5. The molecular weight excluding hydrogens is 664 g/mol. The molecule has 43 heavy (non-hydrogen) atoms. The molecule has 244 valence electrons. The van der Waals surface area contributed by atoms with E-state index < -0.39 is 0 Å². The van der Waals surface area contributed by atoms with Crippen molar-refractivity contribution in [1.82, 2.24) is 0 Å². The molecule has 0 N–H and O–H groups in total. The summed E-state index contributed by atoms with van der Waals surface area (Å²) in [5.41, 5.74) is 2.34. The Labute approximate surface area is 281 Å². The van der Waals surface area contributed by atoms with Crippen LogP contribution in [0.25, 0.3) is 0 Å². The Morgan fingerprint density at radius 3 is 1.21 bits per heavy atom. The topological polar surface area (TPSA) is 27.7 Å². The van der Waals surface area contributed by atoms with Crippen LogP contribution in [0.1, 0.15) is 117 Å². The van der Waals surface area contributed by atoms with E-state index in [1.807, 2.05) is 12.1 Å². The van der Waals surface area contributed by atoms with Crippen LogP contribution in [0.2, 0.25) is 0 Å². The van der Waals surface area contributed by atoms with Crippen LogP contribution in [0.15, 0.2) is 60.7 Å². The molecule has 2 aromatic rings. The van der Waals surface area contributed by atoms with Crippen LogP contribution in [0.3, 0.4) is 0 Å². The van der Waals surface area contributed by atoms with Crippen LogP contribution in [-0.2, 0) is 27.4 Å². The maximum atomic E-state index is 6.67. The first-order chi connectivity index (χ1) is 20.6. The van der Waals surface area contributed by atoms with Crippen molar-refractivity contribution in [1.29, 1.82) is 0 Å². The van der Waals surface area contributed by atoms with Crippen LogP contribution < -0.4 is 0 Å². The molecule has 0 amide bonds. The van der Waals surface area contributed by atoms with Crippen molar-refractivity contribution < 1.29 is 14.2 Å². The van der Waals surface area contributed by atoms with Crippen LogP contribution in [0, 0.1) is 23.7 Å². The highest BCUT2D eigenvalue weighted by molar-refractivity contribution is 9.09. The highest BCUT2D eigenvalue weighted by Gasteiger charge is 2.20. The highest BCUT2D eigenvalue weighted by atomic mass is 79.9. The lowest BCUT2D eigenvalue weighted by Crippen LogP contribution is -2.27. The second-order valence-electron chi connectivity index (χ2n) is 13.4. The van der Waals surface area contributed by atoms with Crippen molar-refractivity contribution in [2.75, 3.05) is 0 Å². The minimum Gasteiger partial charge on any atom is -0.348 e. The second-order valence-corrected chi connectivity index (χ2v) is 16.5. The largest absolute Gasteiger partial charge is 0.348 e. The molecule has 8 atom stereocenters. The van der Waals surface area contributed by atoms with Gasteiger partial charge >= 0.3 is 0 Å². The average Bonchev–Trinajstić information content (AvgIpc) is 2.94. The fourth-order valence-electron chi connectivity index (χ4n) is 6.25. The predicted molar refractivity (Wildman–Crippen MR) is 191 cm³/mol. The highest BCUT2D eigenvalue weighted by Crippen LogP contribution is 2.26. The van der Waals surface area contributed by atoms with E-state index in [1.165, 1.54) is 49.7 Å². The smallest absolute Gasteiger partial charge is 0.161 e. The number of benzene rings is 2. The fraction of sp³-hybridized carbons (Fsp3) is 0.684. The first-order valence-electron chi connectivity index (χ1n) is 16.8. The maximum absolute atomic E-state index is 6.67. The van der Waals surface area contributed by atoms with Gasteiger partial charge in [-0.25, -0.2) is 0 Å². The quantitative estimate of drug-likeness (QED) is 0.0797. The van der Waals surface area contributed by atoms with Gasteiger partial charge in [0, 0.05) is 9.65 Å². The van der Waals surface area contributed by atoms with Crippen molar-refractivity contribution in [2.45, 2.75) is 141 Å². The minimum absolute atomic E-state index is 0.286. The van der Waals surface area contributed by atoms with E-state index in [4.69, 9.17) is 14.2 Å². The van der Waals surface area contributed by atoms with Crippen molar-refractivity contribution in [2.24, 2.45) is 23.7 Å². The van der Waals surface area contributed by atoms with Crippen molar-refractivity contribution in [3.63, 3.8) is 0 Å². The Bertz CT molecular complexity index is 848. The maximum Gasteiger partial charge on any atom is 0.161 e.